The average molecular weight is 520 g/mol. The summed E-state index contributed by atoms with van der Waals surface area (Å²) in [5.41, 5.74) is 3.06. The number of carbonyl (C=O) groups is 2. The normalized spacial score (nSPS) is 22.8. The van der Waals surface area contributed by atoms with Crippen molar-refractivity contribution in [1.82, 2.24) is 24.7 Å². The van der Waals surface area contributed by atoms with Crippen molar-refractivity contribution < 1.29 is 14.3 Å². The van der Waals surface area contributed by atoms with Crippen molar-refractivity contribution >= 4 is 12.0 Å². The summed E-state index contributed by atoms with van der Waals surface area (Å²) in [6.07, 6.45) is 2.39. The van der Waals surface area contributed by atoms with E-state index in [1.807, 2.05) is 44.4 Å². The maximum Gasteiger partial charge on any atom is 0.410 e. The number of nitrogens with zero attached hydrogens (tertiary/aromatic N) is 5. The van der Waals surface area contributed by atoms with Crippen LogP contribution in [0.1, 0.15) is 60.4 Å². The zero-order valence-corrected chi connectivity index (χ0v) is 23.4. The Morgan fingerprint density at radius 1 is 0.921 bits per heavy atom. The number of rotatable bonds is 6. The van der Waals surface area contributed by atoms with Crippen LogP contribution in [0, 0.1) is 31.6 Å². The molecule has 2 amide bonds. The Kier molecular flexibility index (Phi) is 7.45. The number of fused-ring (bicyclic) bond motifs is 1. The third-order valence-electron chi connectivity index (χ3n) is 8.40. The molecule has 3 unspecified atom stereocenters. The van der Waals surface area contributed by atoms with Gasteiger partial charge in [0.15, 0.2) is 0 Å². The van der Waals surface area contributed by atoms with E-state index in [1.54, 1.807) is 0 Å². The molecule has 0 N–H and O–H groups in total. The zero-order valence-electron chi connectivity index (χ0n) is 23.4. The van der Waals surface area contributed by atoms with Crippen LogP contribution in [0.4, 0.5) is 4.79 Å². The molecule has 8 heteroatoms. The predicted molar refractivity (Wildman–Crippen MR) is 146 cm³/mol. The Balaban J connectivity index is 1.15. The molecule has 3 saturated heterocycles. The maximum atomic E-state index is 13.2. The second kappa shape index (κ2) is 10.6. The number of ether oxygens (including phenoxy) is 1. The van der Waals surface area contributed by atoms with E-state index in [0.717, 1.165) is 63.6 Å². The van der Waals surface area contributed by atoms with Gasteiger partial charge in [-0.1, -0.05) is 30.3 Å². The van der Waals surface area contributed by atoms with Gasteiger partial charge in [0.05, 0.1) is 17.0 Å². The SMILES string of the molecule is Cc1ncnc(C)c1C(=O)N1CC2CN(CCC(c3ccccc3)C3CN(C(=O)OC(C)(C)C)C3)CC2C1. The minimum atomic E-state index is -0.471. The highest BCUT2D eigenvalue weighted by atomic mass is 16.6. The van der Waals surface area contributed by atoms with Gasteiger partial charge in [0, 0.05) is 45.2 Å². The number of aryl methyl sites for hydroxylation is 2. The van der Waals surface area contributed by atoms with Gasteiger partial charge in [-0.05, 0) is 70.9 Å². The van der Waals surface area contributed by atoms with Crippen LogP contribution in [0.5, 0.6) is 0 Å². The van der Waals surface area contributed by atoms with Gasteiger partial charge in [-0.2, -0.15) is 0 Å². The number of carbonyl (C=O) groups excluding carboxylic acids is 2. The summed E-state index contributed by atoms with van der Waals surface area (Å²) >= 11 is 0. The quantitative estimate of drug-likeness (QED) is 0.571. The molecular weight excluding hydrogens is 478 g/mol. The summed E-state index contributed by atoms with van der Waals surface area (Å²) in [6, 6.07) is 10.7. The maximum absolute atomic E-state index is 13.2. The first-order chi connectivity index (χ1) is 18.1. The van der Waals surface area contributed by atoms with Gasteiger partial charge in [0.25, 0.3) is 5.91 Å². The monoisotopic (exact) mass is 519 g/mol. The highest BCUT2D eigenvalue weighted by molar-refractivity contribution is 5.96. The van der Waals surface area contributed by atoms with E-state index in [9.17, 15) is 9.59 Å². The lowest BCUT2D eigenvalue weighted by Gasteiger charge is -2.44. The Hall–Kier alpha value is -3.00. The van der Waals surface area contributed by atoms with Crippen molar-refractivity contribution in [3.8, 4) is 0 Å². The molecule has 5 rings (SSSR count). The molecule has 3 aliphatic heterocycles. The van der Waals surface area contributed by atoms with Gasteiger partial charge in [-0.25, -0.2) is 14.8 Å². The van der Waals surface area contributed by atoms with Gasteiger partial charge in [-0.15, -0.1) is 0 Å². The molecule has 8 nitrogen and oxygen atoms in total. The molecule has 3 aliphatic rings. The number of likely N-dealkylation sites (tertiary alicyclic amines) is 3. The van der Waals surface area contributed by atoms with Crippen LogP contribution in [0.3, 0.4) is 0 Å². The Bertz CT molecular complexity index is 1120. The van der Waals surface area contributed by atoms with Crippen molar-refractivity contribution in [3.05, 3.63) is 59.2 Å². The summed E-state index contributed by atoms with van der Waals surface area (Å²) in [5, 5.41) is 0. The lowest BCUT2D eigenvalue weighted by molar-refractivity contribution is -0.00596. The fraction of sp³-hybridized carbons (Fsp3) is 0.600. The fourth-order valence-corrected chi connectivity index (χ4v) is 6.44. The van der Waals surface area contributed by atoms with Crippen molar-refractivity contribution in [2.45, 2.75) is 52.6 Å². The second-order valence-electron chi connectivity index (χ2n) is 12.4. The summed E-state index contributed by atoms with van der Waals surface area (Å²) in [4.78, 5) is 40.6. The molecule has 1 aromatic heterocycles. The Morgan fingerprint density at radius 2 is 1.53 bits per heavy atom. The fourth-order valence-electron chi connectivity index (χ4n) is 6.44. The van der Waals surface area contributed by atoms with Gasteiger partial charge < -0.3 is 19.4 Å². The van der Waals surface area contributed by atoms with E-state index in [4.69, 9.17) is 4.74 Å². The molecule has 0 aliphatic carbocycles. The highest BCUT2D eigenvalue weighted by Gasteiger charge is 2.43. The zero-order chi connectivity index (χ0) is 27.0. The smallest absolute Gasteiger partial charge is 0.410 e. The van der Waals surface area contributed by atoms with Crippen molar-refractivity contribution in [3.63, 3.8) is 0 Å². The van der Waals surface area contributed by atoms with Crippen LogP contribution in [0.2, 0.25) is 0 Å². The van der Waals surface area contributed by atoms with E-state index in [1.165, 1.54) is 11.9 Å². The minimum absolute atomic E-state index is 0.0743. The van der Waals surface area contributed by atoms with E-state index in [0.29, 0.717) is 29.2 Å². The Morgan fingerprint density at radius 3 is 2.11 bits per heavy atom. The number of amides is 2. The molecule has 0 bridgehead atoms. The summed E-state index contributed by atoms with van der Waals surface area (Å²) in [5.74, 6) is 1.97. The molecule has 0 saturated carbocycles. The number of aromatic nitrogens is 2. The summed E-state index contributed by atoms with van der Waals surface area (Å²) in [6.45, 7) is 15.7. The standard InChI is InChI=1S/C30H41N5O3/c1-20-27(21(2)32-19-31-20)28(36)34-15-23-13-33(14-24(23)16-34)12-11-26(22-9-7-6-8-10-22)25-17-35(18-25)29(37)38-30(3,4)5/h6-10,19,23-26H,11-18H2,1-5H3. The first-order valence-corrected chi connectivity index (χ1v) is 13.9. The van der Waals surface area contributed by atoms with E-state index in [-0.39, 0.29) is 12.0 Å². The van der Waals surface area contributed by atoms with E-state index < -0.39 is 5.60 Å². The van der Waals surface area contributed by atoms with Crippen LogP contribution >= 0.6 is 0 Å². The first kappa shape index (κ1) is 26.6. The van der Waals surface area contributed by atoms with E-state index >= 15 is 0 Å². The highest BCUT2D eigenvalue weighted by Crippen LogP contribution is 2.37. The molecular formula is C30H41N5O3. The number of hydrogen-bond acceptors (Lipinski definition) is 6. The Labute approximate surface area is 226 Å². The minimum Gasteiger partial charge on any atom is -0.444 e. The van der Waals surface area contributed by atoms with Crippen LogP contribution in [0.25, 0.3) is 0 Å². The molecule has 0 spiro atoms. The molecule has 3 fully saturated rings. The average Bonchev–Trinajstić information content (AvgIpc) is 3.38. The van der Waals surface area contributed by atoms with Gasteiger partial charge in [0.2, 0.25) is 0 Å². The molecule has 4 heterocycles. The van der Waals surface area contributed by atoms with Crippen molar-refractivity contribution in [2.75, 3.05) is 45.8 Å². The third-order valence-corrected chi connectivity index (χ3v) is 8.40. The molecule has 1 aromatic carbocycles. The topological polar surface area (TPSA) is 78.9 Å². The molecule has 2 aromatic rings. The largest absolute Gasteiger partial charge is 0.444 e. The molecule has 204 valence electrons. The van der Waals surface area contributed by atoms with Gasteiger partial charge in [0.1, 0.15) is 11.9 Å². The van der Waals surface area contributed by atoms with Crippen LogP contribution in [-0.4, -0.2) is 88.1 Å². The molecule has 38 heavy (non-hydrogen) atoms. The van der Waals surface area contributed by atoms with Crippen LogP contribution in [-0.2, 0) is 4.74 Å². The second-order valence-corrected chi connectivity index (χ2v) is 12.4. The molecule has 0 radical (unpaired) electrons. The number of benzene rings is 1. The van der Waals surface area contributed by atoms with Crippen LogP contribution in [0.15, 0.2) is 36.7 Å². The lowest BCUT2D eigenvalue weighted by Crippen LogP contribution is -2.53. The lowest BCUT2D eigenvalue weighted by atomic mass is 9.79. The van der Waals surface area contributed by atoms with E-state index in [2.05, 4.69) is 45.2 Å². The van der Waals surface area contributed by atoms with Gasteiger partial charge >= 0.3 is 6.09 Å². The number of hydrogen-bond donors (Lipinski definition) is 0. The molecule has 3 atom stereocenters. The van der Waals surface area contributed by atoms with Crippen molar-refractivity contribution in [1.29, 1.82) is 0 Å². The van der Waals surface area contributed by atoms with Crippen LogP contribution < -0.4 is 0 Å². The first-order valence-electron chi connectivity index (χ1n) is 13.9. The van der Waals surface area contributed by atoms with Gasteiger partial charge in [-0.3, -0.25) is 4.79 Å². The van der Waals surface area contributed by atoms with Crippen molar-refractivity contribution in [2.24, 2.45) is 17.8 Å². The summed E-state index contributed by atoms with van der Waals surface area (Å²) < 4.78 is 5.57. The third kappa shape index (κ3) is 5.70. The summed E-state index contributed by atoms with van der Waals surface area (Å²) in [7, 11) is 0. The predicted octanol–water partition coefficient (Wildman–Crippen LogP) is 4.14.